The van der Waals surface area contributed by atoms with Crippen molar-refractivity contribution in [1.29, 1.82) is 0 Å². The van der Waals surface area contributed by atoms with Crippen LogP contribution in [-0.4, -0.2) is 69.3 Å². The third-order valence-corrected chi connectivity index (χ3v) is 7.96. The summed E-state index contributed by atoms with van der Waals surface area (Å²) in [6.07, 6.45) is 0.787. The van der Waals surface area contributed by atoms with Crippen LogP contribution in [0.25, 0.3) is 11.5 Å². The number of aromatic nitrogens is 4. The lowest BCUT2D eigenvalue weighted by atomic mass is 10.0. The summed E-state index contributed by atoms with van der Waals surface area (Å²) in [5.41, 5.74) is -1.48. The number of nitrogens with one attached hydrogen (secondary N) is 1. The van der Waals surface area contributed by atoms with Crippen LogP contribution >= 0.6 is 0 Å². The van der Waals surface area contributed by atoms with Gasteiger partial charge in [0.15, 0.2) is 5.82 Å². The van der Waals surface area contributed by atoms with Crippen molar-refractivity contribution in [2.45, 2.75) is 56.3 Å². The fourth-order valence-corrected chi connectivity index (χ4v) is 5.67. The third kappa shape index (κ3) is 5.97. The van der Waals surface area contributed by atoms with Crippen molar-refractivity contribution >= 4 is 11.8 Å². The van der Waals surface area contributed by atoms with Gasteiger partial charge in [-0.1, -0.05) is 43.2 Å². The predicted octanol–water partition coefficient (Wildman–Crippen LogP) is 4.31. The highest BCUT2D eigenvalue weighted by Gasteiger charge is 2.62. The molecule has 9 nitrogen and oxygen atoms in total. The normalized spacial score (nSPS) is 20.7. The van der Waals surface area contributed by atoms with E-state index in [-0.39, 0.29) is 35.2 Å². The first-order valence-electron chi connectivity index (χ1n) is 13.7. The first kappa shape index (κ1) is 28.7. The SMILES string of the molecule is COCCN(C)C(=O)C1(NC(=O)c2nc(-c3ncccc3C(F)(F)F)n(C3CCCC3)n2)CC1Cc1ccccc1. The molecule has 2 saturated carbocycles. The molecule has 2 aliphatic carbocycles. The molecule has 0 aliphatic heterocycles. The van der Waals surface area contributed by atoms with Gasteiger partial charge >= 0.3 is 6.18 Å². The highest BCUT2D eigenvalue weighted by Crippen LogP contribution is 2.47. The van der Waals surface area contributed by atoms with Crippen LogP contribution in [0.5, 0.6) is 0 Å². The van der Waals surface area contributed by atoms with Gasteiger partial charge in [0, 0.05) is 26.9 Å². The second-order valence-electron chi connectivity index (χ2n) is 10.8. The molecular formula is C29H33F3N6O3. The van der Waals surface area contributed by atoms with E-state index in [1.165, 1.54) is 21.8 Å². The van der Waals surface area contributed by atoms with Gasteiger partial charge in [-0.3, -0.25) is 14.6 Å². The van der Waals surface area contributed by atoms with Gasteiger partial charge in [0.1, 0.15) is 11.2 Å². The van der Waals surface area contributed by atoms with Crippen molar-refractivity contribution in [1.82, 2.24) is 30.0 Å². The molecule has 3 aromatic rings. The lowest BCUT2D eigenvalue weighted by Gasteiger charge is -2.25. The molecule has 2 fully saturated rings. The average molecular weight is 571 g/mol. The topological polar surface area (TPSA) is 102 Å². The van der Waals surface area contributed by atoms with Gasteiger partial charge in [0.05, 0.1) is 18.2 Å². The molecule has 2 aliphatic rings. The summed E-state index contributed by atoms with van der Waals surface area (Å²) in [5.74, 6) is -1.54. The van der Waals surface area contributed by atoms with Gasteiger partial charge in [0.2, 0.25) is 11.7 Å². The number of carbonyl (C=O) groups excluding carboxylic acids is 2. The second-order valence-corrected chi connectivity index (χ2v) is 10.8. The zero-order valence-corrected chi connectivity index (χ0v) is 23.0. The lowest BCUT2D eigenvalue weighted by Crippen LogP contribution is -2.52. The zero-order valence-electron chi connectivity index (χ0n) is 23.0. The number of rotatable bonds is 10. The Morgan fingerprint density at radius 3 is 2.56 bits per heavy atom. The second kappa shape index (κ2) is 11.6. The van der Waals surface area contributed by atoms with Crippen LogP contribution in [-0.2, 0) is 22.1 Å². The lowest BCUT2D eigenvalue weighted by molar-refractivity contribution is -0.137. The quantitative estimate of drug-likeness (QED) is 0.390. The van der Waals surface area contributed by atoms with Gasteiger partial charge < -0.3 is 15.0 Å². The number of nitrogens with zero attached hydrogens (tertiary/aromatic N) is 5. The van der Waals surface area contributed by atoms with E-state index < -0.39 is 23.2 Å². The van der Waals surface area contributed by atoms with Crippen LogP contribution in [0.3, 0.4) is 0 Å². The highest BCUT2D eigenvalue weighted by molar-refractivity contribution is 5.99. The van der Waals surface area contributed by atoms with Crippen LogP contribution in [0.15, 0.2) is 48.7 Å². The molecule has 2 heterocycles. The van der Waals surface area contributed by atoms with Gasteiger partial charge in [-0.25, -0.2) is 9.67 Å². The summed E-state index contributed by atoms with van der Waals surface area (Å²) in [6, 6.07) is 11.6. The maximum atomic E-state index is 13.9. The molecule has 1 N–H and O–H groups in total. The van der Waals surface area contributed by atoms with E-state index in [0.29, 0.717) is 38.8 Å². The first-order valence-corrected chi connectivity index (χ1v) is 13.7. The van der Waals surface area contributed by atoms with E-state index in [1.54, 1.807) is 14.2 Å². The van der Waals surface area contributed by atoms with Gasteiger partial charge in [0.25, 0.3) is 5.91 Å². The summed E-state index contributed by atoms with van der Waals surface area (Å²) in [4.78, 5) is 37.1. The molecule has 2 aromatic heterocycles. The van der Waals surface area contributed by atoms with Crippen LogP contribution in [0, 0.1) is 5.92 Å². The minimum Gasteiger partial charge on any atom is -0.383 e. The summed E-state index contributed by atoms with van der Waals surface area (Å²) in [7, 11) is 3.19. The van der Waals surface area contributed by atoms with Crippen LogP contribution in [0.1, 0.15) is 59.9 Å². The van der Waals surface area contributed by atoms with E-state index in [0.717, 1.165) is 24.5 Å². The van der Waals surface area contributed by atoms with Gasteiger partial charge in [-0.2, -0.15) is 13.2 Å². The summed E-state index contributed by atoms with van der Waals surface area (Å²) >= 11 is 0. The number of carbonyl (C=O) groups is 2. The van der Waals surface area contributed by atoms with E-state index in [4.69, 9.17) is 4.74 Å². The summed E-state index contributed by atoms with van der Waals surface area (Å²) < 4.78 is 48.2. The van der Waals surface area contributed by atoms with Crippen molar-refractivity contribution in [3.05, 3.63) is 65.6 Å². The molecule has 0 spiro atoms. The van der Waals surface area contributed by atoms with Crippen LogP contribution in [0.2, 0.25) is 0 Å². The number of ether oxygens (including phenoxy) is 1. The van der Waals surface area contributed by atoms with E-state index >= 15 is 0 Å². The van der Waals surface area contributed by atoms with Gasteiger partial charge in [-0.05, 0) is 49.3 Å². The average Bonchev–Trinajstić information content (AvgIpc) is 3.32. The Bertz CT molecular complexity index is 1390. The van der Waals surface area contributed by atoms with Gasteiger partial charge in [-0.15, -0.1) is 5.10 Å². The number of likely N-dealkylation sites (N-methyl/N-ethyl adjacent to an activating group) is 1. The molecular weight excluding hydrogens is 537 g/mol. The van der Waals surface area contributed by atoms with Crippen molar-refractivity contribution in [2.24, 2.45) is 5.92 Å². The number of methoxy groups -OCH3 is 1. The molecule has 5 rings (SSSR count). The first-order chi connectivity index (χ1) is 19.6. The molecule has 2 amide bonds. The largest absolute Gasteiger partial charge is 0.418 e. The van der Waals surface area contributed by atoms with Crippen LogP contribution < -0.4 is 5.32 Å². The number of alkyl halides is 3. The summed E-state index contributed by atoms with van der Waals surface area (Å²) in [5, 5.41) is 7.29. The molecule has 218 valence electrons. The van der Waals surface area contributed by atoms with Crippen molar-refractivity contribution < 1.29 is 27.5 Å². The Kier molecular flexibility index (Phi) is 8.12. The number of amides is 2. The molecule has 0 radical (unpaired) electrons. The standard InChI is InChI=1S/C29H33F3N6O3/c1-37(15-16-41-2)27(40)28(18-20(28)17-19-9-4-3-5-10-19)35-26(39)24-34-25(38(36-24)21-11-6-7-12-21)23-22(29(30,31)32)13-8-14-33-23/h3-5,8-10,13-14,20-21H,6-7,11-12,15-18H2,1-2H3,(H,35,39). The summed E-state index contributed by atoms with van der Waals surface area (Å²) in [6.45, 7) is 0.668. The smallest absolute Gasteiger partial charge is 0.383 e. The Morgan fingerprint density at radius 2 is 1.88 bits per heavy atom. The zero-order chi connectivity index (χ0) is 29.2. The Balaban J connectivity index is 1.47. The van der Waals surface area contributed by atoms with Crippen molar-refractivity contribution in [3.63, 3.8) is 0 Å². The van der Waals surface area contributed by atoms with Crippen LogP contribution in [0.4, 0.5) is 13.2 Å². The number of benzene rings is 1. The molecule has 1 aromatic carbocycles. The van der Waals surface area contributed by atoms with E-state index in [2.05, 4.69) is 20.4 Å². The van der Waals surface area contributed by atoms with E-state index in [9.17, 15) is 22.8 Å². The Morgan fingerprint density at radius 1 is 1.15 bits per heavy atom. The molecule has 2 atom stereocenters. The number of hydrogen-bond donors (Lipinski definition) is 1. The molecule has 2 unspecified atom stereocenters. The molecule has 12 heteroatoms. The maximum Gasteiger partial charge on any atom is 0.418 e. The maximum absolute atomic E-state index is 13.9. The minimum atomic E-state index is -4.67. The number of pyridine rings is 1. The minimum absolute atomic E-state index is 0.107. The monoisotopic (exact) mass is 570 g/mol. The fraction of sp³-hybridized carbons (Fsp3) is 0.483. The van der Waals surface area contributed by atoms with Crippen molar-refractivity contribution in [2.75, 3.05) is 27.3 Å². The van der Waals surface area contributed by atoms with E-state index in [1.807, 2.05) is 30.3 Å². The number of halogens is 3. The van der Waals surface area contributed by atoms with Crippen molar-refractivity contribution in [3.8, 4) is 11.5 Å². The molecule has 0 bridgehead atoms. The molecule has 41 heavy (non-hydrogen) atoms. The Labute approximate surface area is 236 Å². The third-order valence-electron chi connectivity index (χ3n) is 7.96. The predicted molar refractivity (Wildman–Crippen MR) is 144 cm³/mol. The number of hydrogen-bond acceptors (Lipinski definition) is 6. The highest BCUT2D eigenvalue weighted by atomic mass is 19.4. The molecule has 0 saturated heterocycles. The Hall–Kier alpha value is -3.80. The fourth-order valence-electron chi connectivity index (χ4n) is 5.67.